The van der Waals surface area contributed by atoms with Crippen molar-refractivity contribution in [2.45, 2.75) is 6.42 Å². The predicted octanol–water partition coefficient (Wildman–Crippen LogP) is 15.9. The van der Waals surface area contributed by atoms with Gasteiger partial charge in [-0.25, -0.2) is 0 Å². The third-order valence-electron chi connectivity index (χ3n) is 12.3. The number of fused-ring (bicyclic) bond motifs is 4. The molecule has 1 aliphatic rings. The minimum atomic E-state index is 0.803. The lowest BCUT2D eigenvalue weighted by Gasteiger charge is -2.26. The van der Waals surface area contributed by atoms with Crippen molar-refractivity contribution in [2.24, 2.45) is 0 Å². The van der Waals surface area contributed by atoms with E-state index in [1.165, 1.54) is 94.4 Å². The highest BCUT2D eigenvalue weighted by Gasteiger charge is 2.16. The van der Waals surface area contributed by atoms with E-state index in [1.807, 2.05) is 0 Å². The van der Waals surface area contributed by atoms with Crippen molar-refractivity contribution >= 4 is 33.2 Å². The second-order valence-electron chi connectivity index (χ2n) is 16.1. The van der Waals surface area contributed by atoms with E-state index in [2.05, 4.69) is 252 Å². The zero-order valence-electron chi connectivity index (χ0n) is 34.4. The van der Waals surface area contributed by atoms with E-state index in [0.717, 1.165) is 18.7 Å². The average molecular weight is 793 g/mol. The summed E-state index contributed by atoms with van der Waals surface area (Å²) in [5, 5.41) is 2.54. The number of aromatic nitrogens is 1. The van der Waals surface area contributed by atoms with Crippen LogP contribution in [0.2, 0.25) is 0 Å². The minimum absolute atomic E-state index is 0.803. The lowest BCUT2D eigenvalue weighted by atomic mass is 9.90. The van der Waals surface area contributed by atoms with Crippen LogP contribution in [0, 0.1) is 0 Å². The summed E-state index contributed by atoms with van der Waals surface area (Å²) in [5.41, 5.74) is 19.2. The minimum Gasteiger partial charge on any atom is -0.337 e. The van der Waals surface area contributed by atoms with Gasteiger partial charge in [-0.15, -0.1) is 0 Å². The van der Waals surface area contributed by atoms with E-state index < -0.39 is 0 Å². The molecule has 2 nitrogen and oxygen atoms in total. The molecular formula is C60H44N2. The van der Waals surface area contributed by atoms with Crippen molar-refractivity contribution in [2.75, 3.05) is 11.4 Å². The Hall–Kier alpha value is -7.94. The normalized spacial score (nSPS) is 12.5. The van der Waals surface area contributed by atoms with Crippen LogP contribution in [0.1, 0.15) is 5.56 Å². The number of anilines is 2. The first-order chi connectivity index (χ1) is 30.7. The molecule has 1 aromatic heterocycles. The molecule has 0 radical (unpaired) electrons. The molecule has 0 fully saturated rings. The predicted molar refractivity (Wildman–Crippen MR) is 263 cm³/mol. The van der Waals surface area contributed by atoms with Gasteiger partial charge in [0.05, 0.1) is 11.0 Å². The first-order valence-corrected chi connectivity index (χ1v) is 21.5. The van der Waals surface area contributed by atoms with Crippen LogP contribution in [0.3, 0.4) is 0 Å². The van der Waals surface area contributed by atoms with Crippen molar-refractivity contribution in [1.29, 1.82) is 0 Å². The Morgan fingerprint density at radius 3 is 1.24 bits per heavy atom. The van der Waals surface area contributed by atoms with Crippen LogP contribution < -0.4 is 4.90 Å². The second-order valence-corrected chi connectivity index (χ2v) is 16.1. The Balaban J connectivity index is 1.01. The molecule has 2 heteroatoms. The van der Waals surface area contributed by atoms with E-state index in [-0.39, 0.29) is 0 Å². The molecular weight excluding hydrogens is 749 g/mol. The van der Waals surface area contributed by atoms with Gasteiger partial charge in [-0.1, -0.05) is 164 Å². The molecule has 0 saturated heterocycles. The van der Waals surface area contributed by atoms with Crippen molar-refractivity contribution in [3.05, 3.63) is 248 Å². The Morgan fingerprint density at radius 2 is 0.710 bits per heavy atom. The van der Waals surface area contributed by atoms with E-state index in [1.54, 1.807) is 0 Å². The largest absolute Gasteiger partial charge is 0.337 e. The van der Waals surface area contributed by atoms with Gasteiger partial charge in [0.15, 0.2) is 0 Å². The third kappa shape index (κ3) is 7.12. The fourth-order valence-electron chi connectivity index (χ4n) is 9.16. The molecule has 0 atom stereocenters. The molecule has 0 amide bonds. The molecule has 62 heavy (non-hydrogen) atoms. The summed E-state index contributed by atoms with van der Waals surface area (Å²) in [6, 6.07) is 80.0. The van der Waals surface area contributed by atoms with E-state index in [0.29, 0.717) is 0 Å². The smallest absolute Gasteiger partial charge is 0.0541 e. The molecule has 0 unspecified atom stereocenters. The Bertz CT molecular complexity index is 3210. The van der Waals surface area contributed by atoms with Crippen LogP contribution in [-0.2, 0) is 6.42 Å². The van der Waals surface area contributed by atoms with Crippen LogP contribution in [0.5, 0.6) is 0 Å². The summed E-state index contributed by atoms with van der Waals surface area (Å²) in [6.45, 7) is 0.803. The van der Waals surface area contributed by atoms with Gasteiger partial charge < -0.3 is 9.47 Å². The second kappa shape index (κ2) is 16.3. The van der Waals surface area contributed by atoms with Gasteiger partial charge in [-0.3, -0.25) is 0 Å². The van der Waals surface area contributed by atoms with Gasteiger partial charge in [0, 0.05) is 34.4 Å². The Morgan fingerprint density at radius 1 is 0.306 bits per heavy atom. The number of allylic oxidation sites excluding steroid dienone is 3. The van der Waals surface area contributed by atoms with Gasteiger partial charge in [0.1, 0.15) is 0 Å². The highest BCUT2D eigenvalue weighted by Crippen LogP contribution is 2.39. The monoisotopic (exact) mass is 792 g/mol. The number of nitrogens with zero attached hydrogens (tertiary/aromatic N) is 2. The molecule has 0 bridgehead atoms. The standard InChI is InChI=1S/C60H44N2/c1-2-16-36-61(58-25-13-10-22-47(58)21-5-1)54-32-28-45(29-33-54)50-37-48(43-17-6-3-7-18-43)39-52(41-50)53-40-49(44-19-8-4-9-20-44)38-51(42-53)46-30-34-55(35-31-46)62-59-26-14-11-23-56(59)57-24-12-15-27-60(57)62/h1-20,22-35,37-42H,21,36H2. The van der Waals surface area contributed by atoms with Crippen LogP contribution in [0.4, 0.5) is 11.4 Å². The van der Waals surface area contributed by atoms with Gasteiger partial charge in [-0.2, -0.15) is 0 Å². The van der Waals surface area contributed by atoms with Crippen molar-refractivity contribution in [3.8, 4) is 61.3 Å². The summed E-state index contributed by atoms with van der Waals surface area (Å²) in [7, 11) is 0. The van der Waals surface area contributed by atoms with E-state index in [9.17, 15) is 0 Å². The zero-order chi connectivity index (χ0) is 41.2. The van der Waals surface area contributed by atoms with Gasteiger partial charge in [0.25, 0.3) is 0 Å². The van der Waals surface area contributed by atoms with Gasteiger partial charge in [-0.05, 0) is 146 Å². The average Bonchev–Trinajstić information content (AvgIpc) is 3.73. The summed E-state index contributed by atoms with van der Waals surface area (Å²) in [6.07, 6.45) is 9.69. The lowest BCUT2D eigenvalue weighted by Crippen LogP contribution is -2.18. The topological polar surface area (TPSA) is 8.17 Å². The van der Waals surface area contributed by atoms with Crippen LogP contribution in [-0.4, -0.2) is 11.1 Å². The summed E-state index contributed by atoms with van der Waals surface area (Å²) in [5.74, 6) is 0. The molecule has 2 heterocycles. The summed E-state index contributed by atoms with van der Waals surface area (Å²) >= 11 is 0. The molecule has 1 aliphatic heterocycles. The zero-order valence-corrected chi connectivity index (χ0v) is 34.4. The third-order valence-corrected chi connectivity index (χ3v) is 12.3. The Labute approximate surface area is 363 Å². The molecule has 294 valence electrons. The number of hydrogen-bond acceptors (Lipinski definition) is 1. The van der Waals surface area contributed by atoms with E-state index >= 15 is 0 Å². The van der Waals surface area contributed by atoms with Gasteiger partial charge >= 0.3 is 0 Å². The first-order valence-electron chi connectivity index (χ1n) is 21.5. The summed E-state index contributed by atoms with van der Waals surface area (Å²) in [4.78, 5) is 2.42. The molecule has 0 aliphatic carbocycles. The van der Waals surface area contributed by atoms with Crippen molar-refractivity contribution in [1.82, 2.24) is 4.57 Å². The van der Waals surface area contributed by atoms with Crippen LogP contribution in [0.15, 0.2) is 243 Å². The maximum atomic E-state index is 2.42. The van der Waals surface area contributed by atoms with Crippen LogP contribution >= 0.6 is 0 Å². The Kier molecular flexibility index (Phi) is 9.72. The number of benzene rings is 9. The SMILES string of the molecule is C1=CCc2ccccc2N(c2ccc(-c3cc(-c4ccccc4)cc(-c4cc(-c5ccccc5)cc(-c5ccc(-n6c7ccccc7c7ccccc76)cc5)c4)c3)cc2)CC=C1. The molecule has 0 spiro atoms. The maximum Gasteiger partial charge on any atom is 0.0541 e. The molecule has 10 aromatic rings. The molecule has 0 N–H and O–H groups in total. The number of hydrogen-bond donors (Lipinski definition) is 0. The highest BCUT2D eigenvalue weighted by molar-refractivity contribution is 6.09. The molecule has 11 rings (SSSR count). The molecule has 0 saturated carbocycles. The fraction of sp³-hybridized carbons (Fsp3) is 0.0333. The maximum absolute atomic E-state index is 2.42. The van der Waals surface area contributed by atoms with Gasteiger partial charge in [0.2, 0.25) is 0 Å². The lowest BCUT2D eigenvalue weighted by molar-refractivity contribution is 1.07. The summed E-state index contributed by atoms with van der Waals surface area (Å²) < 4.78 is 2.38. The molecule has 9 aromatic carbocycles. The first kappa shape index (κ1) is 37.1. The number of para-hydroxylation sites is 3. The number of rotatable bonds is 7. The fourth-order valence-corrected chi connectivity index (χ4v) is 9.16. The quantitative estimate of drug-likeness (QED) is 0.156. The van der Waals surface area contributed by atoms with Crippen LogP contribution in [0.25, 0.3) is 83.1 Å². The van der Waals surface area contributed by atoms with E-state index in [4.69, 9.17) is 0 Å². The van der Waals surface area contributed by atoms with Crippen molar-refractivity contribution < 1.29 is 0 Å². The van der Waals surface area contributed by atoms with Crippen molar-refractivity contribution in [3.63, 3.8) is 0 Å². The highest BCUT2D eigenvalue weighted by atomic mass is 15.1.